The highest BCUT2D eigenvalue weighted by Crippen LogP contribution is 2.33. The third-order valence-corrected chi connectivity index (χ3v) is 6.31. The number of benzene rings is 1. The van der Waals surface area contributed by atoms with Crippen LogP contribution in [0.3, 0.4) is 0 Å². The molecule has 2 heterocycles. The van der Waals surface area contributed by atoms with E-state index >= 15 is 0 Å². The van der Waals surface area contributed by atoms with Crippen molar-refractivity contribution in [3.05, 3.63) is 50.4 Å². The summed E-state index contributed by atoms with van der Waals surface area (Å²) in [5, 5.41) is 12.1. The predicted molar refractivity (Wildman–Crippen MR) is 99.5 cm³/mol. The Morgan fingerprint density at radius 2 is 2.08 bits per heavy atom. The summed E-state index contributed by atoms with van der Waals surface area (Å²) in [6, 6.07) is 4.48. The molecule has 0 atom stereocenters. The van der Waals surface area contributed by atoms with Crippen LogP contribution in [0.5, 0.6) is 0 Å². The summed E-state index contributed by atoms with van der Waals surface area (Å²) in [7, 11) is 0. The van der Waals surface area contributed by atoms with Crippen molar-refractivity contribution in [2.24, 2.45) is 0 Å². The molecule has 0 radical (unpaired) electrons. The second kappa shape index (κ2) is 7.25. The van der Waals surface area contributed by atoms with Crippen LogP contribution >= 0.6 is 34.7 Å². The molecule has 0 aliphatic carbocycles. The van der Waals surface area contributed by atoms with Gasteiger partial charge in [-0.25, -0.2) is 4.39 Å². The van der Waals surface area contributed by atoms with E-state index in [9.17, 15) is 4.39 Å². The maximum Gasteiger partial charge on any atom is 0.191 e. The van der Waals surface area contributed by atoms with E-state index in [1.54, 1.807) is 29.2 Å². The molecule has 0 amide bonds. The Bertz CT molecular complexity index is 873. The van der Waals surface area contributed by atoms with Crippen molar-refractivity contribution in [3.63, 3.8) is 0 Å². The van der Waals surface area contributed by atoms with Gasteiger partial charge in [-0.2, -0.15) is 0 Å². The topological polar surface area (TPSA) is 30.7 Å². The molecular formula is C17H17ClFN3S2. The fraction of sp³-hybridized carbons (Fsp3) is 0.294. The minimum Gasteiger partial charge on any atom is -0.302 e. The van der Waals surface area contributed by atoms with E-state index in [-0.39, 0.29) is 5.82 Å². The molecule has 3 rings (SSSR count). The van der Waals surface area contributed by atoms with E-state index in [4.69, 9.17) is 11.6 Å². The van der Waals surface area contributed by atoms with E-state index < -0.39 is 0 Å². The van der Waals surface area contributed by atoms with Gasteiger partial charge in [0, 0.05) is 33.1 Å². The van der Waals surface area contributed by atoms with Gasteiger partial charge in [-0.1, -0.05) is 29.4 Å². The van der Waals surface area contributed by atoms with Gasteiger partial charge in [0.15, 0.2) is 11.0 Å². The second-order valence-corrected chi connectivity index (χ2v) is 7.84. The first-order valence-corrected chi connectivity index (χ1v) is 9.80. The molecule has 0 unspecified atom stereocenters. The van der Waals surface area contributed by atoms with Crippen molar-refractivity contribution >= 4 is 34.7 Å². The number of hydrogen-bond donors (Lipinski definition) is 0. The van der Waals surface area contributed by atoms with Gasteiger partial charge in [0.2, 0.25) is 0 Å². The maximum absolute atomic E-state index is 13.1. The zero-order valence-corrected chi connectivity index (χ0v) is 16.0. The molecule has 0 bridgehead atoms. The minimum atomic E-state index is -0.323. The van der Waals surface area contributed by atoms with Crippen LogP contribution in [0.15, 0.2) is 28.7 Å². The van der Waals surface area contributed by atoms with Crippen molar-refractivity contribution in [1.82, 2.24) is 14.8 Å². The summed E-state index contributed by atoms with van der Waals surface area (Å²) >= 11 is 9.38. The molecule has 0 N–H and O–H groups in total. The first kappa shape index (κ1) is 17.5. The van der Waals surface area contributed by atoms with Gasteiger partial charge in [0.05, 0.1) is 0 Å². The highest BCUT2D eigenvalue weighted by Gasteiger charge is 2.17. The van der Waals surface area contributed by atoms with Gasteiger partial charge in [-0.05, 0) is 44.0 Å². The van der Waals surface area contributed by atoms with Gasteiger partial charge in [0.1, 0.15) is 5.82 Å². The van der Waals surface area contributed by atoms with E-state index in [1.165, 1.54) is 22.6 Å². The molecule has 0 saturated carbocycles. The lowest BCUT2D eigenvalue weighted by atomic mass is 10.1. The predicted octanol–water partition coefficient (Wildman–Crippen LogP) is 5.73. The molecule has 126 valence electrons. The smallest absolute Gasteiger partial charge is 0.191 e. The summed E-state index contributed by atoms with van der Waals surface area (Å²) in [6.45, 7) is 7.09. The molecular weight excluding hydrogens is 365 g/mol. The average molecular weight is 382 g/mol. The second-order valence-electron chi connectivity index (χ2n) is 5.41. The number of halogens is 2. The quantitative estimate of drug-likeness (QED) is 0.529. The van der Waals surface area contributed by atoms with E-state index in [0.717, 1.165) is 28.7 Å². The first-order chi connectivity index (χ1) is 11.5. The number of thioether (sulfide) groups is 1. The van der Waals surface area contributed by atoms with Crippen LogP contribution in [0.25, 0.3) is 11.4 Å². The molecule has 3 nitrogen and oxygen atoms in total. The van der Waals surface area contributed by atoms with Crippen LogP contribution in [0, 0.1) is 19.7 Å². The zero-order chi connectivity index (χ0) is 17.3. The summed E-state index contributed by atoms with van der Waals surface area (Å²) < 4.78 is 15.3. The maximum atomic E-state index is 13.1. The number of nitrogens with zero attached hydrogens (tertiary/aromatic N) is 3. The minimum absolute atomic E-state index is 0.323. The number of aryl methyl sites for hydroxylation is 1. The molecule has 7 heteroatoms. The summed E-state index contributed by atoms with van der Waals surface area (Å²) in [4.78, 5) is 1.29. The Morgan fingerprint density at radius 1 is 1.29 bits per heavy atom. The van der Waals surface area contributed by atoms with Crippen LogP contribution in [-0.4, -0.2) is 14.8 Å². The molecule has 3 aromatic rings. The van der Waals surface area contributed by atoms with E-state index in [1.807, 2.05) is 0 Å². The lowest BCUT2D eigenvalue weighted by Crippen LogP contribution is -2.00. The standard InChI is InChI=1S/C17H17ClFN3S2/c1-4-22-16(14-9-23-11(3)10(14)2)20-21-17(22)24-8-12-5-6-13(19)7-15(12)18/h5-7,9H,4,8H2,1-3H3. The van der Waals surface area contributed by atoms with Crippen molar-refractivity contribution in [2.45, 2.75) is 38.2 Å². The first-order valence-electron chi connectivity index (χ1n) is 7.56. The lowest BCUT2D eigenvalue weighted by molar-refractivity contribution is 0.627. The molecule has 0 saturated heterocycles. The third-order valence-electron chi connectivity index (χ3n) is 3.93. The summed E-state index contributed by atoms with van der Waals surface area (Å²) in [5.74, 6) is 1.20. The Labute approximate surface area is 153 Å². The zero-order valence-electron chi connectivity index (χ0n) is 13.6. The van der Waals surface area contributed by atoms with Crippen LogP contribution in [0.4, 0.5) is 4.39 Å². The highest BCUT2D eigenvalue weighted by molar-refractivity contribution is 7.98. The molecule has 0 aliphatic heterocycles. The van der Waals surface area contributed by atoms with Crippen LogP contribution < -0.4 is 0 Å². The normalized spacial score (nSPS) is 11.2. The van der Waals surface area contributed by atoms with Crippen molar-refractivity contribution in [2.75, 3.05) is 0 Å². The van der Waals surface area contributed by atoms with Crippen LogP contribution in [0.1, 0.15) is 22.9 Å². The van der Waals surface area contributed by atoms with Gasteiger partial charge < -0.3 is 4.57 Å². The number of thiophene rings is 1. The van der Waals surface area contributed by atoms with Gasteiger partial charge >= 0.3 is 0 Å². The van der Waals surface area contributed by atoms with Gasteiger partial charge in [0.25, 0.3) is 0 Å². The average Bonchev–Trinajstić information content (AvgIpc) is 3.10. The SMILES string of the molecule is CCn1c(SCc2ccc(F)cc2Cl)nnc1-c1csc(C)c1C. The molecule has 0 aliphatic rings. The Kier molecular flexibility index (Phi) is 5.27. The lowest BCUT2D eigenvalue weighted by Gasteiger charge is -2.08. The Morgan fingerprint density at radius 3 is 2.71 bits per heavy atom. The van der Waals surface area contributed by atoms with Gasteiger partial charge in [-0.15, -0.1) is 21.5 Å². The number of aromatic nitrogens is 3. The molecule has 0 fully saturated rings. The third kappa shape index (κ3) is 3.36. The van der Waals surface area contributed by atoms with Gasteiger partial charge in [-0.3, -0.25) is 0 Å². The largest absolute Gasteiger partial charge is 0.302 e. The summed E-state index contributed by atoms with van der Waals surface area (Å²) in [6.07, 6.45) is 0. The molecule has 1 aromatic carbocycles. The molecule has 0 spiro atoms. The fourth-order valence-electron chi connectivity index (χ4n) is 2.39. The number of rotatable bonds is 5. The Balaban J connectivity index is 1.86. The molecule has 24 heavy (non-hydrogen) atoms. The van der Waals surface area contributed by atoms with Crippen molar-refractivity contribution < 1.29 is 4.39 Å². The molecule has 2 aromatic heterocycles. The van der Waals surface area contributed by atoms with Crippen LogP contribution in [0.2, 0.25) is 5.02 Å². The summed E-state index contributed by atoms with van der Waals surface area (Å²) in [5.41, 5.74) is 3.27. The van der Waals surface area contributed by atoms with Crippen LogP contribution in [-0.2, 0) is 12.3 Å². The van der Waals surface area contributed by atoms with E-state index in [2.05, 4.69) is 40.9 Å². The fourth-order valence-corrected chi connectivity index (χ4v) is 4.58. The van der Waals surface area contributed by atoms with Crippen molar-refractivity contribution in [3.8, 4) is 11.4 Å². The monoisotopic (exact) mass is 381 g/mol. The van der Waals surface area contributed by atoms with E-state index in [0.29, 0.717) is 10.8 Å². The number of hydrogen-bond acceptors (Lipinski definition) is 4. The van der Waals surface area contributed by atoms with Crippen molar-refractivity contribution in [1.29, 1.82) is 0 Å². The Hall–Kier alpha value is -1.37. The highest BCUT2D eigenvalue weighted by atomic mass is 35.5.